The zero-order valence-corrected chi connectivity index (χ0v) is 12.5. The van der Waals surface area contributed by atoms with E-state index in [0.29, 0.717) is 12.3 Å². The first-order chi connectivity index (χ1) is 9.43. The Morgan fingerprint density at radius 1 is 1.35 bits per heavy atom. The number of hydrogen-bond donors (Lipinski definition) is 1. The van der Waals surface area contributed by atoms with E-state index in [1.165, 1.54) is 4.90 Å². The summed E-state index contributed by atoms with van der Waals surface area (Å²) >= 11 is 0. The maximum Gasteiger partial charge on any atom is 0.325 e. The number of amides is 2. The number of urea groups is 1. The van der Waals surface area contributed by atoms with E-state index in [4.69, 9.17) is 4.74 Å². The average molecular weight is 278 g/mol. The van der Waals surface area contributed by atoms with Crippen molar-refractivity contribution in [3.63, 3.8) is 0 Å². The summed E-state index contributed by atoms with van der Waals surface area (Å²) in [5.74, 6) is -0.402. The molecule has 0 radical (unpaired) electrons. The SMILES string of the molecule is CCOC(=O)CN(C(=O)Nc1cccc(C)c1)C(C)C. The Bertz CT molecular complexity index is 472. The standard InChI is InChI=1S/C15H22N2O3/c1-5-20-14(18)10-17(11(2)3)15(19)16-13-8-6-7-12(4)9-13/h6-9,11H,5,10H2,1-4H3,(H,16,19). The van der Waals surface area contributed by atoms with Gasteiger partial charge < -0.3 is 15.0 Å². The molecule has 20 heavy (non-hydrogen) atoms. The van der Waals surface area contributed by atoms with Gasteiger partial charge >= 0.3 is 12.0 Å². The van der Waals surface area contributed by atoms with Crippen LogP contribution in [-0.4, -0.2) is 36.1 Å². The second kappa shape index (κ2) is 7.53. The normalized spacial score (nSPS) is 10.2. The van der Waals surface area contributed by atoms with Gasteiger partial charge in [-0.1, -0.05) is 12.1 Å². The van der Waals surface area contributed by atoms with Crippen LogP contribution in [-0.2, 0) is 9.53 Å². The molecule has 0 unspecified atom stereocenters. The van der Waals surface area contributed by atoms with Gasteiger partial charge in [0.05, 0.1) is 6.61 Å². The Morgan fingerprint density at radius 2 is 2.05 bits per heavy atom. The molecule has 1 N–H and O–H groups in total. The fourth-order valence-corrected chi connectivity index (χ4v) is 1.75. The number of nitrogens with zero attached hydrogens (tertiary/aromatic N) is 1. The van der Waals surface area contributed by atoms with Crippen LogP contribution in [0.5, 0.6) is 0 Å². The third-order valence-corrected chi connectivity index (χ3v) is 2.76. The van der Waals surface area contributed by atoms with E-state index in [0.717, 1.165) is 5.56 Å². The molecule has 0 aromatic heterocycles. The van der Waals surface area contributed by atoms with Gasteiger partial charge in [-0.05, 0) is 45.4 Å². The first-order valence-electron chi connectivity index (χ1n) is 6.74. The molecule has 1 rings (SSSR count). The van der Waals surface area contributed by atoms with Crippen LogP contribution in [0.25, 0.3) is 0 Å². The summed E-state index contributed by atoms with van der Waals surface area (Å²) < 4.78 is 4.88. The average Bonchev–Trinajstić information content (AvgIpc) is 2.35. The van der Waals surface area contributed by atoms with Gasteiger partial charge in [-0.25, -0.2) is 4.79 Å². The summed E-state index contributed by atoms with van der Waals surface area (Å²) in [6.45, 7) is 7.66. The minimum atomic E-state index is -0.402. The summed E-state index contributed by atoms with van der Waals surface area (Å²) in [6, 6.07) is 7.11. The summed E-state index contributed by atoms with van der Waals surface area (Å²) in [5, 5.41) is 2.79. The summed E-state index contributed by atoms with van der Waals surface area (Å²) in [4.78, 5) is 25.2. The van der Waals surface area contributed by atoms with Gasteiger partial charge in [0.25, 0.3) is 0 Å². The highest BCUT2D eigenvalue weighted by atomic mass is 16.5. The van der Waals surface area contributed by atoms with Gasteiger partial charge in [0.2, 0.25) is 0 Å². The smallest absolute Gasteiger partial charge is 0.325 e. The molecule has 0 aliphatic carbocycles. The van der Waals surface area contributed by atoms with E-state index >= 15 is 0 Å². The Balaban J connectivity index is 2.71. The van der Waals surface area contributed by atoms with Gasteiger partial charge in [-0.3, -0.25) is 4.79 Å². The van der Waals surface area contributed by atoms with Crippen molar-refractivity contribution < 1.29 is 14.3 Å². The Kier molecular flexibility index (Phi) is 6.03. The van der Waals surface area contributed by atoms with Crippen LogP contribution in [0.4, 0.5) is 10.5 Å². The number of ether oxygens (including phenoxy) is 1. The summed E-state index contributed by atoms with van der Waals surface area (Å²) in [5.41, 5.74) is 1.77. The van der Waals surface area contributed by atoms with Gasteiger partial charge in [0, 0.05) is 11.7 Å². The highest BCUT2D eigenvalue weighted by Gasteiger charge is 2.20. The minimum absolute atomic E-state index is 0.0524. The Labute approximate surface area is 119 Å². The summed E-state index contributed by atoms with van der Waals surface area (Å²) in [7, 11) is 0. The number of anilines is 1. The van der Waals surface area contributed by atoms with Gasteiger partial charge in [-0.15, -0.1) is 0 Å². The van der Waals surface area contributed by atoms with Crippen LogP contribution < -0.4 is 5.32 Å². The topological polar surface area (TPSA) is 58.6 Å². The molecule has 0 fully saturated rings. The van der Waals surface area contributed by atoms with Crippen molar-refractivity contribution in [1.82, 2.24) is 4.90 Å². The van der Waals surface area contributed by atoms with Crippen LogP contribution >= 0.6 is 0 Å². The Morgan fingerprint density at radius 3 is 2.60 bits per heavy atom. The fourth-order valence-electron chi connectivity index (χ4n) is 1.75. The molecule has 0 aliphatic heterocycles. The van der Waals surface area contributed by atoms with E-state index in [9.17, 15) is 9.59 Å². The number of rotatable bonds is 5. The molecule has 5 heteroatoms. The maximum absolute atomic E-state index is 12.2. The molecule has 0 aliphatic rings. The zero-order valence-electron chi connectivity index (χ0n) is 12.5. The monoisotopic (exact) mass is 278 g/mol. The van der Waals surface area contributed by atoms with Crippen LogP contribution in [0.2, 0.25) is 0 Å². The maximum atomic E-state index is 12.2. The quantitative estimate of drug-likeness (QED) is 0.843. The van der Waals surface area contributed by atoms with Gasteiger partial charge in [-0.2, -0.15) is 0 Å². The molecule has 0 heterocycles. The lowest BCUT2D eigenvalue weighted by Gasteiger charge is -2.26. The number of carbonyl (C=O) groups excluding carboxylic acids is 2. The lowest BCUT2D eigenvalue weighted by atomic mass is 10.2. The van der Waals surface area contributed by atoms with E-state index in [-0.39, 0.29) is 18.6 Å². The molecule has 5 nitrogen and oxygen atoms in total. The predicted molar refractivity (Wildman–Crippen MR) is 78.7 cm³/mol. The third-order valence-electron chi connectivity index (χ3n) is 2.76. The lowest BCUT2D eigenvalue weighted by Crippen LogP contribution is -2.43. The largest absolute Gasteiger partial charge is 0.465 e. The molecule has 0 saturated carbocycles. The van der Waals surface area contributed by atoms with Crippen molar-refractivity contribution in [3.8, 4) is 0 Å². The molecule has 110 valence electrons. The second-order valence-electron chi connectivity index (χ2n) is 4.83. The fraction of sp³-hybridized carbons (Fsp3) is 0.467. The molecule has 1 aromatic carbocycles. The molecule has 0 spiro atoms. The van der Waals surface area contributed by atoms with Gasteiger partial charge in [0.1, 0.15) is 6.54 Å². The number of esters is 1. The van der Waals surface area contributed by atoms with Crippen LogP contribution in [0.15, 0.2) is 24.3 Å². The minimum Gasteiger partial charge on any atom is -0.465 e. The summed E-state index contributed by atoms with van der Waals surface area (Å²) in [6.07, 6.45) is 0. The number of nitrogens with one attached hydrogen (secondary N) is 1. The van der Waals surface area contributed by atoms with Crippen molar-refractivity contribution in [1.29, 1.82) is 0 Å². The molecule has 2 amide bonds. The van der Waals surface area contributed by atoms with E-state index in [2.05, 4.69) is 5.32 Å². The lowest BCUT2D eigenvalue weighted by molar-refractivity contribution is -0.144. The predicted octanol–water partition coefficient (Wildman–Crippen LogP) is 2.80. The van der Waals surface area contributed by atoms with Crippen molar-refractivity contribution in [2.45, 2.75) is 33.7 Å². The number of carbonyl (C=O) groups is 2. The number of aryl methyl sites for hydroxylation is 1. The van der Waals surface area contributed by atoms with Crippen molar-refractivity contribution in [2.75, 3.05) is 18.5 Å². The molecule has 0 atom stereocenters. The van der Waals surface area contributed by atoms with E-state index < -0.39 is 5.97 Å². The third kappa shape index (κ3) is 4.91. The van der Waals surface area contributed by atoms with Gasteiger partial charge in [0.15, 0.2) is 0 Å². The van der Waals surface area contributed by atoms with Crippen LogP contribution in [0, 0.1) is 6.92 Å². The van der Waals surface area contributed by atoms with Crippen molar-refractivity contribution in [3.05, 3.63) is 29.8 Å². The van der Waals surface area contributed by atoms with Crippen LogP contribution in [0.3, 0.4) is 0 Å². The van der Waals surface area contributed by atoms with Crippen molar-refractivity contribution in [2.24, 2.45) is 0 Å². The number of hydrogen-bond acceptors (Lipinski definition) is 3. The molecule has 0 bridgehead atoms. The molecule has 1 aromatic rings. The van der Waals surface area contributed by atoms with Crippen molar-refractivity contribution >= 4 is 17.7 Å². The van der Waals surface area contributed by atoms with E-state index in [1.54, 1.807) is 6.92 Å². The first kappa shape index (κ1) is 16.0. The second-order valence-corrected chi connectivity index (χ2v) is 4.83. The van der Waals surface area contributed by atoms with E-state index in [1.807, 2.05) is 45.0 Å². The molecular formula is C15H22N2O3. The number of benzene rings is 1. The first-order valence-corrected chi connectivity index (χ1v) is 6.74. The van der Waals surface area contributed by atoms with Crippen LogP contribution in [0.1, 0.15) is 26.3 Å². The highest BCUT2D eigenvalue weighted by Crippen LogP contribution is 2.11. The molecular weight excluding hydrogens is 256 g/mol. The Hall–Kier alpha value is -2.04. The zero-order chi connectivity index (χ0) is 15.1. The highest BCUT2D eigenvalue weighted by molar-refractivity contribution is 5.91. The molecule has 0 saturated heterocycles.